The molecule has 6 rings (SSSR count). The van der Waals surface area contributed by atoms with Gasteiger partial charge in [-0.25, -0.2) is 8.78 Å². The first-order chi connectivity index (χ1) is 16.0. The highest BCUT2D eigenvalue weighted by atomic mass is 19.1. The zero-order valence-corrected chi connectivity index (χ0v) is 18.3. The highest BCUT2D eigenvalue weighted by Crippen LogP contribution is 2.41. The zero-order valence-electron chi connectivity index (χ0n) is 18.3. The number of amides is 1. The Bertz CT molecular complexity index is 1250. The molecule has 0 bridgehead atoms. The minimum atomic E-state index is -0.721. The lowest BCUT2D eigenvalue weighted by molar-refractivity contribution is 0.00459. The molecule has 0 unspecified atom stereocenters. The van der Waals surface area contributed by atoms with Gasteiger partial charge in [-0.15, -0.1) is 0 Å². The van der Waals surface area contributed by atoms with E-state index in [9.17, 15) is 13.6 Å². The Morgan fingerprint density at radius 3 is 2.79 bits per heavy atom. The van der Waals surface area contributed by atoms with Crippen LogP contribution in [0.15, 0.2) is 36.7 Å². The molecule has 3 aromatic rings. The first-order valence-corrected chi connectivity index (χ1v) is 11.4. The van der Waals surface area contributed by atoms with E-state index in [1.165, 1.54) is 25.0 Å². The molecule has 2 aliphatic heterocycles. The van der Waals surface area contributed by atoms with Crippen LogP contribution < -0.4 is 0 Å². The largest absolute Gasteiger partial charge is 0.373 e. The first kappa shape index (κ1) is 20.5. The van der Waals surface area contributed by atoms with E-state index in [1.54, 1.807) is 11.9 Å². The standard InChI is InChI=1S/C25H24F2N4O2/c1-30-12-15-8-21(29-24(23(15)25(30)32)19-5-2-17(26)10-20(19)27)14-6-7-33-22(9-14)16-11-28-31(13-16)18-3-4-18/h2,5,8,10-11,13-14,18,22H,3-4,6-7,9,12H2,1H3/t14-,22+/m0/s1. The van der Waals surface area contributed by atoms with Crippen LogP contribution in [0.3, 0.4) is 0 Å². The maximum absolute atomic E-state index is 14.7. The van der Waals surface area contributed by atoms with E-state index >= 15 is 0 Å². The van der Waals surface area contributed by atoms with Crippen LogP contribution in [0.1, 0.15) is 70.9 Å². The van der Waals surface area contributed by atoms with Crippen molar-refractivity contribution in [1.29, 1.82) is 0 Å². The Balaban J connectivity index is 1.37. The second-order valence-electron chi connectivity index (χ2n) is 9.28. The van der Waals surface area contributed by atoms with Gasteiger partial charge in [0.1, 0.15) is 11.6 Å². The molecular formula is C25H24F2N4O2. The van der Waals surface area contributed by atoms with Crippen molar-refractivity contribution < 1.29 is 18.3 Å². The molecule has 4 heterocycles. The highest BCUT2D eigenvalue weighted by Gasteiger charge is 2.34. The average molecular weight is 450 g/mol. The molecule has 6 nitrogen and oxygen atoms in total. The molecule has 1 amide bonds. The van der Waals surface area contributed by atoms with Crippen molar-refractivity contribution in [2.45, 2.75) is 50.3 Å². The number of hydrogen-bond donors (Lipinski definition) is 0. The molecule has 1 aliphatic carbocycles. The number of benzene rings is 1. The summed E-state index contributed by atoms with van der Waals surface area (Å²) in [7, 11) is 1.72. The number of rotatable bonds is 4. The molecule has 3 aliphatic rings. The molecule has 2 atom stereocenters. The second-order valence-corrected chi connectivity index (χ2v) is 9.28. The van der Waals surface area contributed by atoms with Crippen LogP contribution >= 0.6 is 0 Å². The summed E-state index contributed by atoms with van der Waals surface area (Å²) >= 11 is 0. The Morgan fingerprint density at radius 2 is 2.00 bits per heavy atom. The summed E-state index contributed by atoms with van der Waals surface area (Å²) < 4.78 is 36.4. The summed E-state index contributed by atoms with van der Waals surface area (Å²) in [5.41, 5.74) is 3.55. The van der Waals surface area contributed by atoms with Crippen molar-refractivity contribution in [3.8, 4) is 11.3 Å². The van der Waals surface area contributed by atoms with E-state index in [2.05, 4.69) is 11.3 Å². The Hall–Kier alpha value is -3.13. The number of nitrogens with zero attached hydrogens (tertiary/aromatic N) is 4. The fourth-order valence-corrected chi connectivity index (χ4v) is 4.94. The molecule has 0 N–H and O–H groups in total. The van der Waals surface area contributed by atoms with Crippen LogP contribution in [-0.2, 0) is 11.3 Å². The fourth-order valence-electron chi connectivity index (χ4n) is 4.94. The van der Waals surface area contributed by atoms with Gasteiger partial charge < -0.3 is 9.64 Å². The van der Waals surface area contributed by atoms with E-state index in [0.717, 1.165) is 35.7 Å². The van der Waals surface area contributed by atoms with Crippen molar-refractivity contribution >= 4 is 5.91 Å². The summed E-state index contributed by atoms with van der Waals surface area (Å²) in [4.78, 5) is 19.2. The average Bonchev–Trinajstić information content (AvgIpc) is 3.46. The van der Waals surface area contributed by atoms with Crippen molar-refractivity contribution in [2.24, 2.45) is 0 Å². The molecule has 1 saturated carbocycles. The second kappa shape index (κ2) is 7.73. The minimum absolute atomic E-state index is 0.0818. The van der Waals surface area contributed by atoms with Crippen molar-refractivity contribution in [2.75, 3.05) is 13.7 Å². The van der Waals surface area contributed by atoms with Gasteiger partial charge in [-0.3, -0.25) is 14.5 Å². The van der Waals surface area contributed by atoms with Crippen LogP contribution in [-0.4, -0.2) is 39.2 Å². The van der Waals surface area contributed by atoms with Gasteiger partial charge in [0, 0.05) is 55.2 Å². The van der Waals surface area contributed by atoms with Gasteiger partial charge in [0.2, 0.25) is 0 Å². The third-order valence-corrected chi connectivity index (χ3v) is 6.89. The number of pyridine rings is 1. The molecule has 1 saturated heterocycles. The van der Waals surface area contributed by atoms with Crippen LogP contribution in [0.5, 0.6) is 0 Å². The van der Waals surface area contributed by atoms with E-state index in [-0.39, 0.29) is 23.5 Å². The van der Waals surface area contributed by atoms with Crippen molar-refractivity contribution in [1.82, 2.24) is 19.7 Å². The normalized spacial score (nSPS) is 22.6. The van der Waals surface area contributed by atoms with Gasteiger partial charge in [0.25, 0.3) is 5.91 Å². The smallest absolute Gasteiger partial charge is 0.256 e. The summed E-state index contributed by atoms with van der Waals surface area (Å²) in [6.07, 6.45) is 7.74. The number of ether oxygens (including phenoxy) is 1. The molecule has 170 valence electrons. The number of carbonyl (C=O) groups is 1. The van der Waals surface area contributed by atoms with Gasteiger partial charge in [-0.2, -0.15) is 5.10 Å². The summed E-state index contributed by atoms with van der Waals surface area (Å²) in [5, 5.41) is 4.49. The molecule has 8 heteroatoms. The molecule has 0 radical (unpaired) electrons. The first-order valence-electron chi connectivity index (χ1n) is 11.4. The van der Waals surface area contributed by atoms with Crippen molar-refractivity contribution in [3.05, 3.63) is 70.7 Å². The maximum Gasteiger partial charge on any atom is 0.256 e. The number of fused-ring (bicyclic) bond motifs is 1. The summed E-state index contributed by atoms with van der Waals surface area (Å²) in [6.45, 7) is 1.03. The van der Waals surface area contributed by atoms with Gasteiger partial charge in [0.15, 0.2) is 0 Å². The highest BCUT2D eigenvalue weighted by molar-refractivity contribution is 6.03. The lowest BCUT2D eigenvalue weighted by Gasteiger charge is -2.29. The van der Waals surface area contributed by atoms with E-state index in [0.29, 0.717) is 30.5 Å². The summed E-state index contributed by atoms with van der Waals surface area (Å²) in [6, 6.07) is 5.88. The number of carbonyl (C=O) groups excluding carboxylic acids is 1. The van der Waals surface area contributed by atoms with Crippen LogP contribution in [0.25, 0.3) is 11.3 Å². The third-order valence-electron chi connectivity index (χ3n) is 6.89. The Labute approximate surface area is 190 Å². The minimum Gasteiger partial charge on any atom is -0.373 e. The third kappa shape index (κ3) is 3.62. The predicted molar refractivity (Wildman–Crippen MR) is 117 cm³/mol. The Kier molecular flexibility index (Phi) is 4.79. The zero-order chi connectivity index (χ0) is 22.7. The molecule has 1 aromatic carbocycles. The van der Waals surface area contributed by atoms with E-state index in [1.807, 2.05) is 16.9 Å². The molecule has 0 spiro atoms. The summed E-state index contributed by atoms with van der Waals surface area (Å²) in [5.74, 6) is -1.48. The van der Waals surface area contributed by atoms with Crippen molar-refractivity contribution in [3.63, 3.8) is 0 Å². The van der Waals surface area contributed by atoms with Crippen LogP contribution in [0.4, 0.5) is 8.78 Å². The lowest BCUT2D eigenvalue weighted by Crippen LogP contribution is -2.20. The van der Waals surface area contributed by atoms with E-state index in [4.69, 9.17) is 9.72 Å². The van der Waals surface area contributed by atoms with Gasteiger partial charge in [-0.05, 0) is 49.4 Å². The predicted octanol–water partition coefficient (Wildman–Crippen LogP) is 4.78. The molecular weight excluding hydrogens is 426 g/mol. The number of hydrogen-bond acceptors (Lipinski definition) is 4. The lowest BCUT2D eigenvalue weighted by atomic mass is 9.88. The van der Waals surface area contributed by atoms with E-state index < -0.39 is 11.6 Å². The maximum atomic E-state index is 14.7. The fraction of sp³-hybridized carbons (Fsp3) is 0.400. The van der Waals surface area contributed by atoms with Gasteiger partial charge >= 0.3 is 0 Å². The van der Waals surface area contributed by atoms with Gasteiger partial charge in [-0.1, -0.05) is 0 Å². The number of aromatic nitrogens is 3. The van der Waals surface area contributed by atoms with Crippen LogP contribution in [0, 0.1) is 11.6 Å². The quantitative estimate of drug-likeness (QED) is 0.574. The molecule has 2 fully saturated rings. The van der Waals surface area contributed by atoms with Crippen LogP contribution in [0.2, 0.25) is 0 Å². The Morgan fingerprint density at radius 1 is 1.15 bits per heavy atom. The molecule has 33 heavy (non-hydrogen) atoms. The molecule has 2 aromatic heterocycles. The van der Waals surface area contributed by atoms with Gasteiger partial charge in [0.05, 0.1) is 29.6 Å². The monoisotopic (exact) mass is 450 g/mol. The number of halogens is 2. The topological polar surface area (TPSA) is 60.2 Å². The SMILES string of the molecule is CN1Cc2cc([C@H]3CCO[C@@H](c4cnn(C5CC5)c4)C3)nc(-c3ccc(F)cc3F)c2C1=O.